The van der Waals surface area contributed by atoms with Crippen molar-refractivity contribution < 1.29 is 14.3 Å². The monoisotopic (exact) mass is 317 g/mol. The Bertz CT molecular complexity index is 796. The Balaban J connectivity index is 1.85. The lowest BCUT2D eigenvalue weighted by molar-refractivity contribution is -0.121. The number of fused-ring (bicyclic) bond motifs is 1. The molecule has 0 aliphatic heterocycles. The van der Waals surface area contributed by atoms with E-state index in [1.54, 1.807) is 12.1 Å². The van der Waals surface area contributed by atoms with Gasteiger partial charge in [-0.2, -0.15) is 0 Å². The molecule has 1 amide bonds. The summed E-state index contributed by atoms with van der Waals surface area (Å²) in [7, 11) is 3.05. The van der Waals surface area contributed by atoms with Crippen molar-refractivity contribution in [1.29, 1.82) is 0 Å². The number of carbonyl (C=O) groups excluding carboxylic acids is 1. The molecule has 0 spiro atoms. The van der Waals surface area contributed by atoms with E-state index in [9.17, 15) is 9.59 Å². The number of hydrogen-bond acceptors (Lipinski definition) is 5. The van der Waals surface area contributed by atoms with Crippen LogP contribution >= 0.6 is 0 Å². The zero-order valence-corrected chi connectivity index (χ0v) is 13.2. The second kappa shape index (κ2) is 6.28. The van der Waals surface area contributed by atoms with Gasteiger partial charge in [0.05, 0.1) is 31.4 Å². The van der Waals surface area contributed by atoms with E-state index in [1.807, 2.05) is 0 Å². The first kappa shape index (κ1) is 15.3. The Morgan fingerprint density at radius 3 is 2.65 bits per heavy atom. The molecule has 0 atom stereocenters. The molecule has 0 unspecified atom stereocenters. The molecule has 0 bridgehead atoms. The predicted octanol–water partition coefficient (Wildman–Crippen LogP) is 1.08. The van der Waals surface area contributed by atoms with E-state index in [-0.39, 0.29) is 17.9 Å². The summed E-state index contributed by atoms with van der Waals surface area (Å²) in [6.45, 7) is 0.300. The minimum Gasteiger partial charge on any atom is -0.493 e. The summed E-state index contributed by atoms with van der Waals surface area (Å²) in [6, 6.07) is 3.61. The number of methoxy groups -OCH3 is 2. The van der Waals surface area contributed by atoms with Crippen LogP contribution in [0.4, 0.5) is 0 Å². The molecular weight excluding hydrogens is 298 g/mol. The van der Waals surface area contributed by atoms with Gasteiger partial charge in [-0.3, -0.25) is 14.2 Å². The van der Waals surface area contributed by atoms with Crippen LogP contribution in [0, 0.1) is 0 Å². The van der Waals surface area contributed by atoms with Crippen LogP contribution in [0.25, 0.3) is 10.9 Å². The third kappa shape index (κ3) is 3.28. The first-order valence-electron chi connectivity index (χ1n) is 7.53. The van der Waals surface area contributed by atoms with Gasteiger partial charge in [0.25, 0.3) is 5.56 Å². The van der Waals surface area contributed by atoms with E-state index in [2.05, 4.69) is 10.3 Å². The SMILES string of the molecule is COc1cc2ncn(CCC(=O)NC3CC3)c(=O)c2cc1OC. The number of rotatable bonds is 6. The average molecular weight is 317 g/mol. The molecular formula is C16H19N3O4. The van der Waals surface area contributed by atoms with Crippen molar-refractivity contribution in [3.63, 3.8) is 0 Å². The van der Waals surface area contributed by atoms with Crippen molar-refractivity contribution in [3.05, 3.63) is 28.8 Å². The minimum absolute atomic E-state index is 0.0354. The summed E-state index contributed by atoms with van der Waals surface area (Å²) in [5.41, 5.74) is 0.335. The van der Waals surface area contributed by atoms with E-state index in [0.29, 0.717) is 35.0 Å². The van der Waals surface area contributed by atoms with Crippen molar-refractivity contribution in [1.82, 2.24) is 14.9 Å². The summed E-state index contributed by atoms with van der Waals surface area (Å²) in [5, 5.41) is 3.34. The molecule has 0 saturated heterocycles. The normalized spacial score (nSPS) is 13.8. The molecule has 1 aromatic carbocycles. The van der Waals surface area contributed by atoms with Crippen LogP contribution in [0.15, 0.2) is 23.3 Å². The molecule has 1 fully saturated rings. The number of amides is 1. The average Bonchev–Trinajstić information content (AvgIpc) is 3.37. The summed E-state index contributed by atoms with van der Waals surface area (Å²) in [4.78, 5) is 28.6. The number of nitrogens with one attached hydrogen (secondary N) is 1. The zero-order valence-electron chi connectivity index (χ0n) is 13.2. The van der Waals surface area contributed by atoms with Crippen molar-refractivity contribution in [2.45, 2.75) is 31.8 Å². The molecule has 1 aliphatic rings. The number of hydrogen-bond donors (Lipinski definition) is 1. The third-order valence-corrected chi connectivity index (χ3v) is 3.85. The highest BCUT2D eigenvalue weighted by Gasteiger charge is 2.23. The molecule has 7 nitrogen and oxygen atoms in total. The Morgan fingerprint density at radius 1 is 1.30 bits per heavy atom. The smallest absolute Gasteiger partial charge is 0.261 e. The fourth-order valence-corrected chi connectivity index (χ4v) is 2.39. The molecule has 1 N–H and O–H groups in total. The first-order chi connectivity index (χ1) is 11.1. The van der Waals surface area contributed by atoms with Crippen LogP contribution in [0.3, 0.4) is 0 Å². The van der Waals surface area contributed by atoms with E-state index >= 15 is 0 Å². The second-order valence-electron chi connectivity index (χ2n) is 5.56. The number of aromatic nitrogens is 2. The first-order valence-corrected chi connectivity index (χ1v) is 7.53. The summed E-state index contributed by atoms with van der Waals surface area (Å²) < 4.78 is 11.9. The molecule has 2 aromatic rings. The molecule has 1 aromatic heterocycles. The number of carbonyl (C=O) groups is 1. The maximum atomic E-state index is 12.5. The van der Waals surface area contributed by atoms with E-state index < -0.39 is 0 Å². The quantitative estimate of drug-likeness (QED) is 0.862. The van der Waals surface area contributed by atoms with Gasteiger partial charge in [0.2, 0.25) is 5.91 Å². The van der Waals surface area contributed by atoms with Crippen LogP contribution < -0.4 is 20.3 Å². The molecule has 1 heterocycles. The van der Waals surface area contributed by atoms with Crippen molar-refractivity contribution in [2.75, 3.05) is 14.2 Å². The number of ether oxygens (including phenoxy) is 2. The van der Waals surface area contributed by atoms with Crippen molar-refractivity contribution in [2.24, 2.45) is 0 Å². The molecule has 7 heteroatoms. The van der Waals surface area contributed by atoms with Crippen LogP contribution in [-0.2, 0) is 11.3 Å². The molecule has 23 heavy (non-hydrogen) atoms. The lowest BCUT2D eigenvalue weighted by atomic mass is 10.2. The predicted molar refractivity (Wildman–Crippen MR) is 84.9 cm³/mol. The fraction of sp³-hybridized carbons (Fsp3) is 0.438. The Kier molecular flexibility index (Phi) is 4.18. The van der Waals surface area contributed by atoms with Crippen LogP contribution in [0.5, 0.6) is 11.5 Å². The number of aryl methyl sites for hydroxylation is 1. The summed E-state index contributed by atoms with van der Waals surface area (Å²) in [5.74, 6) is 0.961. The maximum Gasteiger partial charge on any atom is 0.261 e. The van der Waals surface area contributed by atoms with Crippen molar-refractivity contribution >= 4 is 16.8 Å². The van der Waals surface area contributed by atoms with Gasteiger partial charge in [0, 0.05) is 25.1 Å². The fourth-order valence-electron chi connectivity index (χ4n) is 2.39. The summed E-state index contributed by atoms with van der Waals surface area (Å²) >= 11 is 0. The lowest BCUT2D eigenvalue weighted by Gasteiger charge is -2.10. The van der Waals surface area contributed by atoms with Gasteiger partial charge in [-0.1, -0.05) is 0 Å². The maximum absolute atomic E-state index is 12.5. The van der Waals surface area contributed by atoms with Gasteiger partial charge in [-0.15, -0.1) is 0 Å². The van der Waals surface area contributed by atoms with Gasteiger partial charge in [-0.05, 0) is 18.9 Å². The molecule has 1 saturated carbocycles. The minimum atomic E-state index is -0.199. The molecule has 1 aliphatic carbocycles. The van der Waals surface area contributed by atoms with Gasteiger partial charge in [0.1, 0.15) is 0 Å². The highest BCUT2D eigenvalue weighted by atomic mass is 16.5. The lowest BCUT2D eigenvalue weighted by Crippen LogP contribution is -2.28. The van der Waals surface area contributed by atoms with Gasteiger partial charge in [0.15, 0.2) is 11.5 Å². The molecule has 0 radical (unpaired) electrons. The number of nitrogens with zero attached hydrogens (tertiary/aromatic N) is 2. The van der Waals surface area contributed by atoms with Crippen LogP contribution in [0.2, 0.25) is 0 Å². The number of benzene rings is 1. The van der Waals surface area contributed by atoms with Gasteiger partial charge in [-0.25, -0.2) is 4.98 Å². The highest BCUT2D eigenvalue weighted by molar-refractivity contribution is 5.81. The Labute approximate surface area is 133 Å². The van der Waals surface area contributed by atoms with E-state index in [0.717, 1.165) is 12.8 Å². The Morgan fingerprint density at radius 2 is 2.00 bits per heavy atom. The molecule has 122 valence electrons. The van der Waals surface area contributed by atoms with E-state index in [1.165, 1.54) is 25.1 Å². The zero-order chi connectivity index (χ0) is 16.4. The standard InChI is InChI=1S/C16H19N3O4/c1-22-13-7-11-12(8-14(13)23-2)17-9-19(16(11)21)6-5-15(20)18-10-3-4-10/h7-10H,3-6H2,1-2H3,(H,18,20). The van der Waals surface area contributed by atoms with Gasteiger partial charge < -0.3 is 14.8 Å². The van der Waals surface area contributed by atoms with E-state index in [4.69, 9.17) is 9.47 Å². The van der Waals surface area contributed by atoms with Crippen LogP contribution in [0.1, 0.15) is 19.3 Å². The summed E-state index contributed by atoms with van der Waals surface area (Å²) in [6.07, 6.45) is 3.81. The largest absolute Gasteiger partial charge is 0.493 e. The van der Waals surface area contributed by atoms with Crippen molar-refractivity contribution in [3.8, 4) is 11.5 Å². The molecule has 3 rings (SSSR count). The van der Waals surface area contributed by atoms with Crippen LogP contribution in [-0.4, -0.2) is 35.7 Å². The highest BCUT2D eigenvalue weighted by Crippen LogP contribution is 2.29. The topological polar surface area (TPSA) is 82.5 Å². The second-order valence-corrected chi connectivity index (χ2v) is 5.56. The van der Waals surface area contributed by atoms with Gasteiger partial charge >= 0.3 is 0 Å². The third-order valence-electron chi connectivity index (χ3n) is 3.85. The Hall–Kier alpha value is -2.57.